The van der Waals surface area contributed by atoms with Crippen LogP contribution < -0.4 is 0 Å². The second-order valence-corrected chi connectivity index (χ2v) is 6.29. The molecule has 4 nitrogen and oxygen atoms in total. The van der Waals surface area contributed by atoms with Gasteiger partial charge in [-0.05, 0) is 29.7 Å². The molecular formula is C19H19F3N2O2. The highest BCUT2D eigenvalue weighted by molar-refractivity contribution is 5.73. The van der Waals surface area contributed by atoms with E-state index < -0.39 is 11.7 Å². The van der Waals surface area contributed by atoms with E-state index in [9.17, 15) is 18.0 Å². The molecule has 0 spiro atoms. The van der Waals surface area contributed by atoms with Crippen molar-refractivity contribution in [3.8, 4) is 0 Å². The fraction of sp³-hybridized carbons (Fsp3) is 0.368. The van der Waals surface area contributed by atoms with Gasteiger partial charge >= 0.3 is 6.18 Å². The van der Waals surface area contributed by atoms with E-state index in [4.69, 9.17) is 4.74 Å². The SMILES string of the molecule is CC(=O)N1CCO[C@H](c2ccc(Cc3cccc(C(F)(F)F)c3)cn2)C1. The number of carbonyl (C=O) groups excluding carboxylic acids is 1. The number of nitrogens with zero attached hydrogens (tertiary/aromatic N) is 2. The van der Waals surface area contributed by atoms with Gasteiger partial charge in [0, 0.05) is 19.7 Å². The highest BCUT2D eigenvalue weighted by Crippen LogP contribution is 2.30. The van der Waals surface area contributed by atoms with Gasteiger partial charge in [0.2, 0.25) is 5.91 Å². The first-order chi connectivity index (χ1) is 12.3. The molecule has 1 aliphatic rings. The maximum atomic E-state index is 12.8. The number of ether oxygens (including phenoxy) is 1. The maximum Gasteiger partial charge on any atom is 0.416 e. The summed E-state index contributed by atoms with van der Waals surface area (Å²) in [6.07, 6.45) is -2.62. The largest absolute Gasteiger partial charge is 0.416 e. The molecule has 2 aromatic rings. The van der Waals surface area contributed by atoms with Crippen LogP contribution in [0.3, 0.4) is 0 Å². The van der Waals surface area contributed by atoms with E-state index in [1.807, 2.05) is 6.07 Å². The smallest absolute Gasteiger partial charge is 0.368 e. The van der Waals surface area contributed by atoms with Crippen LogP contribution >= 0.6 is 0 Å². The lowest BCUT2D eigenvalue weighted by molar-refractivity contribution is -0.138. The van der Waals surface area contributed by atoms with Crippen molar-refractivity contribution in [2.24, 2.45) is 0 Å². The van der Waals surface area contributed by atoms with E-state index in [0.717, 1.165) is 17.7 Å². The van der Waals surface area contributed by atoms with Crippen molar-refractivity contribution < 1.29 is 22.7 Å². The Balaban J connectivity index is 1.69. The third-order valence-corrected chi connectivity index (χ3v) is 4.35. The van der Waals surface area contributed by atoms with Gasteiger partial charge in [-0.1, -0.05) is 24.3 Å². The van der Waals surface area contributed by atoms with Crippen LogP contribution in [0.4, 0.5) is 13.2 Å². The molecule has 0 radical (unpaired) electrons. The normalized spacial score (nSPS) is 18.0. The number of hydrogen-bond acceptors (Lipinski definition) is 3. The average molecular weight is 364 g/mol. The van der Waals surface area contributed by atoms with Crippen molar-refractivity contribution in [2.75, 3.05) is 19.7 Å². The van der Waals surface area contributed by atoms with Gasteiger partial charge < -0.3 is 9.64 Å². The van der Waals surface area contributed by atoms with Gasteiger partial charge in [0.1, 0.15) is 6.10 Å². The summed E-state index contributed by atoms with van der Waals surface area (Å²) in [5, 5.41) is 0. The molecule has 26 heavy (non-hydrogen) atoms. The summed E-state index contributed by atoms with van der Waals surface area (Å²) in [5.41, 5.74) is 1.45. The van der Waals surface area contributed by atoms with Crippen molar-refractivity contribution >= 4 is 5.91 Å². The van der Waals surface area contributed by atoms with Crippen molar-refractivity contribution in [1.29, 1.82) is 0 Å². The minimum atomic E-state index is -4.35. The van der Waals surface area contributed by atoms with Crippen molar-refractivity contribution in [3.05, 3.63) is 65.0 Å². The molecule has 7 heteroatoms. The van der Waals surface area contributed by atoms with Crippen LogP contribution in [-0.4, -0.2) is 35.5 Å². The molecule has 1 aromatic carbocycles. The number of amides is 1. The van der Waals surface area contributed by atoms with Gasteiger partial charge in [-0.2, -0.15) is 13.2 Å². The predicted molar refractivity (Wildman–Crippen MR) is 89.4 cm³/mol. The molecule has 3 rings (SSSR count). The Labute approximate surface area is 149 Å². The van der Waals surface area contributed by atoms with E-state index >= 15 is 0 Å². The first-order valence-electron chi connectivity index (χ1n) is 8.31. The van der Waals surface area contributed by atoms with Crippen LogP contribution in [0.25, 0.3) is 0 Å². The Morgan fingerprint density at radius 2 is 2.08 bits per heavy atom. The summed E-state index contributed by atoms with van der Waals surface area (Å²) in [5.74, 6) is -0.000494. The fourth-order valence-corrected chi connectivity index (χ4v) is 2.94. The third-order valence-electron chi connectivity index (χ3n) is 4.35. The highest BCUT2D eigenvalue weighted by Gasteiger charge is 2.30. The van der Waals surface area contributed by atoms with Crippen LogP contribution in [-0.2, 0) is 22.1 Å². The van der Waals surface area contributed by atoms with E-state index in [1.54, 1.807) is 23.2 Å². The average Bonchev–Trinajstić information content (AvgIpc) is 2.62. The monoisotopic (exact) mass is 364 g/mol. The fourth-order valence-electron chi connectivity index (χ4n) is 2.94. The van der Waals surface area contributed by atoms with Crippen molar-refractivity contribution in [1.82, 2.24) is 9.88 Å². The molecular weight excluding hydrogens is 345 g/mol. The summed E-state index contributed by atoms with van der Waals surface area (Å²) < 4.78 is 44.1. The number of alkyl halides is 3. The molecule has 0 unspecified atom stereocenters. The second-order valence-electron chi connectivity index (χ2n) is 6.29. The zero-order valence-corrected chi connectivity index (χ0v) is 14.3. The molecule has 0 N–H and O–H groups in total. The number of hydrogen-bond donors (Lipinski definition) is 0. The molecule has 1 amide bonds. The van der Waals surface area contributed by atoms with Crippen LogP contribution in [0.1, 0.15) is 35.4 Å². The molecule has 0 saturated carbocycles. The zero-order chi connectivity index (χ0) is 18.7. The Hall–Kier alpha value is -2.41. The van der Waals surface area contributed by atoms with Crippen LogP contribution in [0, 0.1) is 0 Å². The minimum Gasteiger partial charge on any atom is -0.368 e. The molecule has 0 bridgehead atoms. The number of halogens is 3. The van der Waals surface area contributed by atoms with Gasteiger partial charge in [-0.15, -0.1) is 0 Å². The molecule has 1 saturated heterocycles. The summed E-state index contributed by atoms with van der Waals surface area (Å²) in [7, 11) is 0. The van der Waals surface area contributed by atoms with E-state index in [2.05, 4.69) is 4.98 Å². The van der Waals surface area contributed by atoms with E-state index in [0.29, 0.717) is 37.4 Å². The molecule has 1 aliphatic heterocycles. The van der Waals surface area contributed by atoms with Gasteiger partial charge in [0.05, 0.1) is 24.4 Å². The lowest BCUT2D eigenvalue weighted by Crippen LogP contribution is -2.41. The Kier molecular flexibility index (Phi) is 5.27. The number of morpholine rings is 1. The molecule has 2 heterocycles. The maximum absolute atomic E-state index is 12.8. The van der Waals surface area contributed by atoms with Crippen LogP contribution in [0.15, 0.2) is 42.6 Å². The minimum absolute atomic E-state index is 0.000494. The quantitative estimate of drug-likeness (QED) is 0.836. The first-order valence-corrected chi connectivity index (χ1v) is 8.31. The van der Waals surface area contributed by atoms with Crippen LogP contribution in [0.2, 0.25) is 0 Å². The summed E-state index contributed by atoms with van der Waals surface area (Å²) in [6.45, 7) is 3.00. The van der Waals surface area contributed by atoms with Crippen molar-refractivity contribution in [2.45, 2.75) is 25.6 Å². The Morgan fingerprint density at radius 3 is 2.73 bits per heavy atom. The second kappa shape index (κ2) is 7.45. The number of benzene rings is 1. The van der Waals surface area contributed by atoms with Gasteiger partial charge in [0.15, 0.2) is 0 Å². The molecule has 0 aliphatic carbocycles. The predicted octanol–water partition coefficient (Wildman–Crippen LogP) is 3.61. The van der Waals surface area contributed by atoms with Crippen LogP contribution in [0.5, 0.6) is 0 Å². The Bertz CT molecular complexity index is 775. The van der Waals surface area contributed by atoms with Gasteiger partial charge in [-0.3, -0.25) is 9.78 Å². The van der Waals surface area contributed by atoms with E-state index in [1.165, 1.54) is 13.0 Å². The standard InChI is InChI=1S/C19H19F3N2O2/c1-13(25)24-7-8-26-18(12-24)17-6-5-15(11-23-17)9-14-3-2-4-16(10-14)19(20,21)22/h2-6,10-11,18H,7-9,12H2,1H3/t18-/m0/s1. The summed E-state index contributed by atoms with van der Waals surface area (Å²) in [4.78, 5) is 17.6. The lowest BCUT2D eigenvalue weighted by Gasteiger charge is -2.32. The Morgan fingerprint density at radius 1 is 1.27 bits per heavy atom. The van der Waals surface area contributed by atoms with Gasteiger partial charge in [0.25, 0.3) is 0 Å². The molecule has 1 aromatic heterocycles. The van der Waals surface area contributed by atoms with E-state index in [-0.39, 0.29) is 12.0 Å². The first kappa shape index (κ1) is 18.4. The highest BCUT2D eigenvalue weighted by atomic mass is 19.4. The zero-order valence-electron chi connectivity index (χ0n) is 14.3. The van der Waals surface area contributed by atoms with Gasteiger partial charge in [-0.25, -0.2) is 0 Å². The number of aromatic nitrogens is 1. The molecule has 1 atom stereocenters. The third kappa shape index (κ3) is 4.40. The number of carbonyl (C=O) groups is 1. The summed E-state index contributed by atoms with van der Waals surface area (Å²) >= 11 is 0. The number of rotatable bonds is 3. The lowest BCUT2D eigenvalue weighted by atomic mass is 10.0. The van der Waals surface area contributed by atoms with Crippen molar-refractivity contribution in [3.63, 3.8) is 0 Å². The molecule has 1 fully saturated rings. The number of pyridine rings is 1. The molecule has 138 valence electrons. The topological polar surface area (TPSA) is 42.4 Å². The summed E-state index contributed by atoms with van der Waals surface area (Å²) in [6, 6.07) is 8.93.